The molecule has 2 rings (SSSR count). The lowest BCUT2D eigenvalue weighted by atomic mass is 10.3. The Labute approximate surface area is 126 Å². The van der Waals surface area contributed by atoms with Gasteiger partial charge in [0, 0.05) is 27.9 Å². The van der Waals surface area contributed by atoms with Crippen LogP contribution in [0.15, 0.2) is 40.7 Å². The van der Waals surface area contributed by atoms with Crippen molar-refractivity contribution < 1.29 is 8.42 Å². The summed E-state index contributed by atoms with van der Waals surface area (Å²) in [7, 11) is -3.29. The molecule has 1 aromatic heterocycles. The predicted octanol–water partition coefficient (Wildman–Crippen LogP) is 1.94. The summed E-state index contributed by atoms with van der Waals surface area (Å²) in [5.41, 5.74) is 6.47. The molecule has 3 N–H and O–H groups in total. The second kappa shape index (κ2) is 7.07. The molecule has 0 saturated carbocycles. The minimum absolute atomic E-state index is 0.0530. The first kappa shape index (κ1) is 15.3. The number of nitrogens with zero attached hydrogens (tertiary/aromatic N) is 1. The number of nitrogens with one attached hydrogen (secondary N) is 1. The van der Waals surface area contributed by atoms with Crippen molar-refractivity contribution in [1.82, 2.24) is 9.71 Å². The van der Waals surface area contributed by atoms with Gasteiger partial charge in [-0.05, 0) is 12.1 Å². The summed E-state index contributed by atoms with van der Waals surface area (Å²) in [6.45, 7) is 0.248. The highest BCUT2D eigenvalue weighted by Gasteiger charge is 2.11. The molecule has 0 bridgehead atoms. The molecule has 0 aliphatic rings. The lowest BCUT2D eigenvalue weighted by molar-refractivity contribution is 0.583. The maximum atomic E-state index is 11.8. The quantitative estimate of drug-likeness (QED) is 0.599. The first-order valence-electron chi connectivity index (χ1n) is 5.90. The number of nitrogen functional groups attached to an aromatic ring is 1. The summed E-state index contributed by atoms with van der Waals surface area (Å²) in [4.78, 5) is 4.93. The van der Waals surface area contributed by atoms with Crippen LogP contribution in [0.1, 0.15) is 5.01 Å². The molecule has 0 aliphatic carbocycles. The van der Waals surface area contributed by atoms with Crippen LogP contribution in [-0.2, 0) is 16.6 Å². The van der Waals surface area contributed by atoms with Gasteiger partial charge in [-0.1, -0.05) is 12.1 Å². The Hall–Kier alpha value is -1.09. The zero-order valence-electron chi connectivity index (χ0n) is 10.7. The van der Waals surface area contributed by atoms with Crippen molar-refractivity contribution in [2.24, 2.45) is 0 Å². The first-order chi connectivity index (χ1) is 9.57. The van der Waals surface area contributed by atoms with E-state index in [0.29, 0.717) is 11.4 Å². The van der Waals surface area contributed by atoms with Crippen LogP contribution in [0, 0.1) is 0 Å². The lowest BCUT2D eigenvalue weighted by Crippen LogP contribution is -2.26. The molecule has 2 aromatic rings. The van der Waals surface area contributed by atoms with Crippen LogP contribution in [0.25, 0.3) is 0 Å². The third-order valence-electron chi connectivity index (χ3n) is 2.46. The highest BCUT2D eigenvalue weighted by atomic mass is 32.2. The van der Waals surface area contributed by atoms with E-state index in [1.807, 2.05) is 23.6 Å². The zero-order valence-corrected chi connectivity index (χ0v) is 13.1. The number of benzene rings is 1. The van der Waals surface area contributed by atoms with Crippen LogP contribution in [-0.4, -0.2) is 24.9 Å². The molecule has 0 aliphatic heterocycles. The minimum atomic E-state index is -3.29. The number of hydrogen-bond acceptors (Lipinski definition) is 6. The van der Waals surface area contributed by atoms with E-state index in [2.05, 4.69) is 9.71 Å². The Morgan fingerprint density at radius 3 is 2.85 bits per heavy atom. The van der Waals surface area contributed by atoms with Gasteiger partial charge in [0.05, 0.1) is 12.3 Å². The topological polar surface area (TPSA) is 85.1 Å². The molecule has 20 heavy (non-hydrogen) atoms. The van der Waals surface area contributed by atoms with Gasteiger partial charge in [0.2, 0.25) is 10.0 Å². The average molecular weight is 329 g/mol. The average Bonchev–Trinajstić information content (AvgIpc) is 2.92. The van der Waals surface area contributed by atoms with E-state index in [1.54, 1.807) is 12.3 Å². The van der Waals surface area contributed by atoms with Crippen LogP contribution in [0.2, 0.25) is 0 Å². The summed E-state index contributed by atoms with van der Waals surface area (Å²) in [5.74, 6) is 0.513. The fraction of sp³-hybridized carbons (Fsp3) is 0.250. The molecular weight excluding hydrogens is 314 g/mol. The van der Waals surface area contributed by atoms with Crippen LogP contribution >= 0.6 is 23.1 Å². The molecule has 5 nitrogen and oxygen atoms in total. The molecule has 0 amide bonds. The van der Waals surface area contributed by atoms with Gasteiger partial charge in [-0.2, -0.15) is 0 Å². The van der Waals surface area contributed by atoms with Gasteiger partial charge in [-0.15, -0.1) is 23.1 Å². The molecular formula is C12H15N3O2S3. The maximum absolute atomic E-state index is 11.8. The summed E-state index contributed by atoms with van der Waals surface area (Å²) in [5, 5.41) is 2.58. The summed E-state index contributed by atoms with van der Waals surface area (Å²) >= 11 is 2.87. The third-order valence-corrected chi connectivity index (χ3v) is 5.91. The molecule has 108 valence electrons. The first-order valence-corrected chi connectivity index (χ1v) is 9.41. The van der Waals surface area contributed by atoms with Crippen molar-refractivity contribution >= 4 is 38.8 Å². The number of sulfonamides is 1. The Bertz CT molecular complexity index is 642. The number of anilines is 1. The van der Waals surface area contributed by atoms with E-state index in [-0.39, 0.29) is 12.3 Å². The normalized spacial score (nSPS) is 11.6. The van der Waals surface area contributed by atoms with Gasteiger partial charge in [0.15, 0.2) is 0 Å². The number of nitrogens with two attached hydrogens (primary N) is 1. The molecule has 1 aromatic carbocycles. The van der Waals surface area contributed by atoms with Crippen molar-refractivity contribution in [2.45, 2.75) is 11.4 Å². The number of thioether (sulfide) groups is 1. The monoisotopic (exact) mass is 329 g/mol. The molecule has 0 spiro atoms. The molecule has 0 radical (unpaired) electrons. The molecule has 0 unspecified atom stereocenters. The SMILES string of the molecule is Nc1ccccc1SCCS(=O)(=O)NCc1nccs1. The van der Waals surface area contributed by atoms with E-state index in [9.17, 15) is 8.42 Å². The highest BCUT2D eigenvalue weighted by molar-refractivity contribution is 8.00. The van der Waals surface area contributed by atoms with Crippen molar-refractivity contribution in [3.63, 3.8) is 0 Å². The van der Waals surface area contributed by atoms with Gasteiger partial charge in [0.1, 0.15) is 5.01 Å². The summed E-state index contributed by atoms with van der Waals surface area (Å²) in [6, 6.07) is 7.42. The van der Waals surface area contributed by atoms with Crippen LogP contribution in [0.4, 0.5) is 5.69 Å². The number of rotatable bonds is 7. The zero-order chi connectivity index (χ0) is 14.4. The number of hydrogen-bond donors (Lipinski definition) is 2. The summed E-state index contributed by atoms with van der Waals surface area (Å²) in [6.07, 6.45) is 1.66. The van der Waals surface area contributed by atoms with E-state index in [1.165, 1.54) is 23.1 Å². The summed E-state index contributed by atoms with van der Waals surface area (Å²) < 4.78 is 26.2. The smallest absolute Gasteiger partial charge is 0.212 e. The number of para-hydroxylation sites is 1. The minimum Gasteiger partial charge on any atom is -0.398 e. The molecule has 0 saturated heterocycles. The van der Waals surface area contributed by atoms with Crippen LogP contribution in [0.3, 0.4) is 0 Å². The number of aromatic nitrogens is 1. The predicted molar refractivity (Wildman–Crippen MR) is 84.3 cm³/mol. The van der Waals surface area contributed by atoms with E-state index < -0.39 is 10.0 Å². The van der Waals surface area contributed by atoms with E-state index >= 15 is 0 Å². The molecule has 1 heterocycles. The van der Waals surface area contributed by atoms with Crippen LogP contribution in [0.5, 0.6) is 0 Å². The maximum Gasteiger partial charge on any atom is 0.212 e. The van der Waals surface area contributed by atoms with E-state index in [0.717, 1.165) is 9.90 Å². The molecule has 8 heteroatoms. The van der Waals surface area contributed by atoms with Crippen molar-refractivity contribution in [2.75, 3.05) is 17.2 Å². The second-order valence-corrected chi connectivity index (χ2v) is 7.99. The van der Waals surface area contributed by atoms with Crippen molar-refractivity contribution in [3.05, 3.63) is 40.8 Å². The highest BCUT2D eigenvalue weighted by Crippen LogP contribution is 2.24. The van der Waals surface area contributed by atoms with Gasteiger partial charge in [-0.3, -0.25) is 0 Å². The third kappa shape index (κ3) is 4.78. The van der Waals surface area contributed by atoms with Crippen LogP contribution < -0.4 is 10.5 Å². The standard InChI is InChI=1S/C12H15N3O2S3/c13-10-3-1-2-4-11(10)18-7-8-20(16,17)15-9-12-14-5-6-19-12/h1-6,15H,7-9,13H2. The van der Waals surface area contributed by atoms with Crippen molar-refractivity contribution in [3.8, 4) is 0 Å². The van der Waals surface area contributed by atoms with Gasteiger partial charge in [-0.25, -0.2) is 18.1 Å². The van der Waals surface area contributed by atoms with E-state index in [4.69, 9.17) is 5.73 Å². The molecule has 0 fully saturated rings. The van der Waals surface area contributed by atoms with Gasteiger partial charge in [0.25, 0.3) is 0 Å². The van der Waals surface area contributed by atoms with Gasteiger partial charge < -0.3 is 5.73 Å². The molecule has 0 atom stereocenters. The second-order valence-electron chi connectivity index (χ2n) is 3.95. The Morgan fingerprint density at radius 2 is 2.15 bits per heavy atom. The Morgan fingerprint density at radius 1 is 1.35 bits per heavy atom. The largest absolute Gasteiger partial charge is 0.398 e. The Kier molecular flexibility index (Phi) is 5.41. The Balaban J connectivity index is 1.79. The lowest BCUT2D eigenvalue weighted by Gasteiger charge is -2.06. The fourth-order valence-corrected chi connectivity index (χ4v) is 4.45. The van der Waals surface area contributed by atoms with Crippen molar-refractivity contribution in [1.29, 1.82) is 0 Å². The van der Waals surface area contributed by atoms with Gasteiger partial charge >= 0.3 is 0 Å². The number of thiazole rings is 1. The fourth-order valence-electron chi connectivity index (χ4n) is 1.46.